The molecule has 0 aliphatic carbocycles. The number of aromatic nitrogens is 3. The highest BCUT2D eigenvalue weighted by molar-refractivity contribution is 5.39. The van der Waals surface area contributed by atoms with E-state index in [0.29, 0.717) is 5.92 Å². The van der Waals surface area contributed by atoms with Gasteiger partial charge in [-0.3, -0.25) is 4.98 Å². The van der Waals surface area contributed by atoms with Gasteiger partial charge in [-0.1, -0.05) is 6.07 Å². The summed E-state index contributed by atoms with van der Waals surface area (Å²) in [5.41, 5.74) is 2.21. The normalized spacial score (nSPS) is 18.8. The van der Waals surface area contributed by atoms with Crippen LogP contribution in [0.1, 0.15) is 17.8 Å². The zero-order chi connectivity index (χ0) is 13.1. The number of pyridine rings is 1. The fourth-order valence-corrected chi connectivity index (χ4v) is 2.64. The molecule has 1 unspecified atom stereocenters. The Balaban J connectivity index is 1.64. The standard InChI is InChI=1S/C15H18N4/c1-12-8-15(18-11-17-12)19-7-5-13(10-19)9-14-4-2-3-6-16-14/h2-4,6,8,11,13H,5,7,9-10H2,1H3. The maximum Gasteiger partial charge on any atom is 0.132 e. The molecule has 0 radical (unpaired) electrons. The zero-order valence-corrected chi connectivity index (χ0v) is 11.2. The van der Waals surface area contributed by atoms with Crippen LogP contribution in [0.5, 0.6) is 0 Å². The molecule has 4 heteroatoms. The number of nitrogens with zero attached hydrogens (tertiary/aromatic N) is 4. The smallest absolute Gasteiger partial charge is 0.132 e. The summed E-state index contributed by atoms with van der Waals surface area (Å²) in [6.45, 7) is 4.15. The molecule has 19 heavy (non-hydrogen) atoms. The summed E-state index contributed by atoms with van der Waals surface area (Å²) in [5, 5.41) is 0. The Hall–Kier alpha value is -1.97. The lowest BCUT2D eigenvalue weighted by atomic mass is 10.0. The van der Waals surface area contributed by atoms with E-state index >= 15 is 0 Å². The molecule has 1 aliphatic rings. The predicted molar refractivity (Wildman–Crippen MR) is 75.0 cm³/mol. The van der Waals surface area contributed by atoms with Crippen LogP contribution < -0.4 is 4.90 Å². The zero-order valence-electron chi connectivity index (χ0n) is 11.2. The van der Waals surface area contributed by atoms with Gasteiger partial charge in [0.15, 0.2) is 0 Å². The van der Waals surface area contributed by atoms with Crippen LogP contribution in [0.3, 0.4) is 0 Å². The Morgan fingerprint density at radius 3 is 3.00 bits per heavy atom. The predicted octanol–water partition coefficient (Wildman–Crippen LogP) is 2.25. The molecule has 0 bridgehead atoms. The molecule has 0 aromatic carbocycles. The quantitative estimate of drug-likeness (QED) is 0.842. The van der Waals surface area contributed by atoms with Crippen molar-refractivity contribution in [1.82, 2.24) is 15.0 Å². The highest BCUT2D eigenvalue weighted by Gasteiger charge is 2.24. The molecule has 0 spiro atoms. The van der Waals surface area contributed by atoms with Gasteiger partial charge in [-0.25, -0.2) is 9.97 Å². The molecular weight excluding hydrogens is 236 g/mol. The summed E-state index contributed by atoms with van der Waals surface area (Å²) >= 11 is 0. The lowest BCUT2D eigenvalue weighted by Gasteiger charge is -2.17. The van der Waals surface area contributed by atoms with Gasteiger partial charge in [0, 0.05) is 36.7 Å². The van der Waals surface area contributed by atoms with Gasteiger partial charge in [-0.05, 0) is 37.8 Å². The molecule has 3 heterocycles. The van der Waals surface area contributed by atoms with E-state index in [0.717, 1.165) is 31.0 Å². The number of rotatable bonds is 3. The first-order valence-electron chi connectivity index (χ1n) is 6.75. The minimum atomic E-state index is 0.671. The molecule has 3 rings (SSSR count). The summed E-state index contributed by atoms with van der Waals surface area (Å²) < 4.78 is 0. The first-order valence-corrected chi connectivity index (χ1v) is 6.75. The Morgan fingerprint density at radius 2 is 2.21 bits per heavy atom. The summed E-state index contributed by atoms with van der Waals surface area (Å²) in [5.74, 6) is 1.72. The van der Waals surface area contributed by atoms with Crippen molar-refractivity contribution >= 4 is 5.82 Å². The molecule has 4 nitrogen and oxygen atoms in total. The minimum Gasteiger partial charge on any atom is -0.356 e. The first-order chi connectivity index (χ1) is 9.31. The summed E-state index contributed by atoms with van der Waals surface area (Å²) in [6, 6.07) is 8.19. The highest BCUT2D eigenvalue weighted by atomic mass is 15.2. The van der Waals surface area contributed by atoms with Gasteiger partial charge in [-0.2, -0.15) is 0 Å². The third-order valence-corrected chi connectivity index (χ3v) is 3.62. The molecule has 1 atom stereocenters. The molecule has 98 valence electrons. The fourth-order valence-electron chi connectivity index (χ4n) is 2.64. The lowest BCUT2D eigenvalue weighted by Crippen LogP contribution is -2.21. The Bertz CT molecular complexity index is 541. The van der Waals surface area contributed by atoms with Crippen LogP contribution in [-0.2, 0) is 6.42 Å². The minimum absolute atomic E-state index is 0.671. The van der Waals surface area contributed by atoms with Crippen molar-refractivity contribution in [3.05, 3.63) is 48.2 Å². The molecular formula is C15H18N4. The number of hydrogen-bond acceptors (Lipinski definition) is 4. The van der Waals surface area contributed by atoms with E-state index in [-0.39, 0.29) is 0 Å². The van der Waals surface area contributed by atoms with Crippen molar-refractivity contribution in [2.45, 2.75) is 19.8 Å². The number of aryl methyl sites for hydroxylation is 1. The van der Waals surface area contributed by atoms with Gasteiger partial charge in [0.2, 0.25) is 0 Å². The van der Waals surface area contributed by atoms with Crippen LogP contribution in [0.25, 0.3) is 0 Å². The first kappa shape index (κ1) is 12.1. The second-order valence-electron chi connectivity index (χ2n) is 5.14. The molecule has 1 aliphatic heterocycles. The van der Waals surface area contributed by atoms with Gasteiger partial charge in [0.1, 0.15) is 12.1 Å². The molecule has 2 aromatic heterocycles. The van der Waals surface area contributed by atoms with Crippen LogP contribution in [0.2, 0.25) is 0 Å². The monoisotopic (exact) mass is 254 g/mol. The number of anilines is 1. The SMILES string of the molecule is Cc1cc(N2CCC(Cc3ccccn3)C2)ncn1. The van der Waals surface area contributed by atoms with Crippen LogP contribution in [-0.4, -0.2) is 28.0 Å². The van der Waals surface area contributed by atoms with Crippen molar-refractivity contribution in [2.75, 3.05) is 18.0 Å². The van der Waals surface area contributed by atoms with Crippen molar-refractivity contribution in [2.24, 2.45) is 5.92 Å². The Labute approximate surface area is 113 Å². The summed E-state index contributed by atoms with van der Waals surface area (Å²) in [7, 11) is 0. The van der Waals surface area contributed by atoms with Crippen LogP contribution in [0.4, 0.5) is 5.82 Å². The summed E-state index contributed by atoms with van der Waals surface area (Å²) in [4.78, 5) is 15.3. The maximum atomic E-state index is 4.41. The average Bonchev–Trinajstić information content (AvgIpc) is 2.88. The van der Waals surface area contributed by atoms with E-state index in [2.05, 4.69) is 38.1 Å². The molecule has 2 aromatic rings. The molecule has 1 fully saturated rings. The summed E-state index contributed by atoms with van der Waals surface area (Å²) in [6.07, 6.45) is 5.79. The maximum absolute atomic E-state index is 4.41. The topological polar surface area (TPSA) is 41.9 Å². The fraction of sp³-hybridized carbons (Fsp3) is 0.400. The van der Waals surface area contributed by atoms with Gasteiger partial charge in [0.05, 0.1) is 0 Å². The average molecular weight is 254 g/mol. The molecule has 0 N–H and O–H groups in total. The second-order valence-corrected chi connectivity index (χ2v) is 5.14. The Morgan fingerprint density at radius 1 is 1.26 bits per heavy atom. The second kappa shape index (κ2) is 5.34. The van der Waals surface area contributed by atoms with Crippen LogP contribution >= 0.6 is 0 Å². The van der Waals surface area contributed by atoms with Gasteiger partial charge >= 0.3 is 0 Å². The molecule has 1 saturated heterocycles. The highest BCUT2D eigenvalue weighted by Crippen LogP contribution is 2.24. The Kier molecular flexibility index (Phi) is 3.40. The third kappa shape index (κ3) is 2.89. The third-order valence-electron chi connectivity index (χ3n) is 3.62. The van der Waals surface area contributed by atoms with Crippen molar-refractivity contribution in [3.8, 4) is 0 Å². The van der Waals surface area contributed by atoms with Crippen LogP contribution in [0, 0.1) is 12.8 Å². The van der Waals surface area contributed by atoms with E-state index in [1.54, 1.807) is 6.33 Å². The van der Waals surface area contributed by atoms with Crippen molar-refractivity contribution in [3.63, 3.8) is 0 Å². The van der Waals surface area contributed by atoms with E-state index in [1.165, 1.54) is 12.1 Å². The van der Waals surface area contributed by atoms with Gasteiger partial charge in [-0.15, -0.1) is 0 Å². The van der Waals surface area contributed by atoms with Gasteiger partial charge < -0.3 is 4.90 Å². The largest absolute Gasteiger partial charge is 0.356 e. The van der Waals surface area contributed by atoms with Crippen LogP contribution in [0.15, 0.2) is 36.8 Å². The lowest BCUT2D eigenvalue weighted by molar-refractivity contribution is 0.577. The van der Waals surface area contributed by atoms with E-state index in [4.69, 9.17) is 0 Å². The molecule has 0 saturated carbocycles. The molecule has 0 amide bonds. The number of hydrogen-bond donors (Lipinski definition) is 0. The van der Waals surface area contributed by atoms with Crippen molar-refractivity contribution < 1.29 is 0 Å². The van der Waals surface area contributed by atoms with E-state index in [9.17, 15) is 0 Å². The van der Waals surface area contributed by atoms with E-state index in [1.807, 2.05) is 19.2 Å². The van der Waals surface area contributed by atoms with Crippen molar-refractivity contribution in [1.29, 1.82) is 0 Å². The van der Waals surface area contributed by atoms with Gasteiger partial charge in [0.25, 0.3) is 0 Å². The van der Waals surface area contributed by atoms with E-state index < -0.39 is 0 Å².